The monoisotopic (exact) mass is 265 g/mol. The summed E-state index contributed by atoms with van der Waals surface area (Å²) in [6.07, 6.45) is 9.85. The first kappa shape index (κ1) is 14.1. The number of thiophene rings is 1. The maximum absolute atomic E-state index is 3.83. The van der Waals surface area contributed by atoms with E-state index < -0.39 is 0 Å². The van der Waals surface area contributed by atoms with E-state index >= 15 is 0 Å². The molecule has 0 radical (unpaired) electrons. The van der Waals surface area contributed by atoms with Crippen molar-refractivity contribution in [1.82, 2.24) is 5.32 Å². The summed E-state index contributed by atoms with van der Waals surface area (Å²) in [6, 6.07) is 5.67. The molecule has 102 valence electrons. The van der Waals surface area contributed by atoms with Gasteiger partial charge in [0.25, 0.3) is 0 Å². The minimum absolute atomic E-state index is 0.526. The highest BCUT2D eigenvalue weighted by molar-refractivity contribution is 7.10. The van der Waals surface area contributed by atoms with Gasteiger partial charge in [-0.05, 0) is 43.6 Å². The molecule has 1 aliphatic rings. The van der Waals surface area contributed by atoms with Crippen molar-refractivity contribution in [2.24, 2.45) is 5.92 Å². The Bertz CT molecular complexity index is 320. The summed E-state index contributed by atoms with van der Waals surface area (Å²) in [5.41, 5.74) is 0. The first-order valence-corrected chi connectivity index (χ1v) is 8.47. The molecule has 3 atom stereocenters. The second-order valence-corrected chi connectivity index (χ2v) is 6.74. The van der Waals surface area contributed by atoms with E-state index in [0.717, 1.165) is 12.0 Å². The summed E-state index contributed by atoms with van der Waals surface area (Å²) in [6.45, 7) is 4.62. The van der Waals surface area contributed by atoms with E-state index in [0.29, 0.717) is 6.04 Å². The fraction of sp³-hybridized carbons (Fsp3) is 0.750. The minimum Gasteiger partial charge on any atom is -0.307 e. The van der Waals surface area contributed by atoms with Gasteiger partial charge in [-0.25, -0.2) is 0 Å². The molecule has 2 heteroatoms. The highest BCUT2D eigenvalue weighted by Gasteiger charge is 2.20. The molecule has 1 heterocycles. The van der Waals surface area contributed by atoms with Gasteiger partial charge in [0.2, 0.25) is 0 Å². The van der Waals surface area contributed by atoms with Crippen LogP contribution >= 0.6 is 11.3 Å². The maximum atomic E-state index is 3.83. The van der Waals surface area contributed by atoms with E-state index in [1.807, 2.05) is 11.3 Å². The Balaban J connectivity index is 1.79. The predicted molar refractivity (Wildman–Crippen MR) is 81.1 cm³/mol. The summed E-state index contributed by atoms with van der Waals surface area (Å²) in [4.78, 5) is 1.48. The first-order chi connectivity index (χ1) is 8.79. The summed E-state index contributed by atoms with van der Waals surface area (Å²) < 4.78 is 0. The zero-order chi connectivity index (χ0) is 12.8. The van der Waals surface area contributed by atoms with Crippen LogP contribution in [0, 0.1) is 5.92 Å². The Morgan fingerprint density at radius 1 is 1.33 bits per heavy atom. The Hall–Kier alpha value is -0.340. The largest absolute Gasteiger partial charge is 0.307 e. The van der Waals surface area contributed by atoms with Crippen LogP contribution < -0.4 is 5.32 Å². The van der Waals surface area contributed by atoms with Crippen molar-refractivity contribution in [3.63, 3.8) is 0 Å². The standard InChI is InChI=1S/C16H27NS/c1-3-6-14-7-4-8-15(11-10-14)17-13(2)16-9-5-12-18-16/h5,9,12-15,17H,3-4,6-8,10-11H2,1-2H3. The van der Waals surface area contributed by atoms with Gasteiger partial charge in [-0.1, -0.05) is 38.7 Å². The molecule has 0 saturated heterocycles. The highest BCUT2D eigenvalue weighted by Crippen LogP contribution is 2.28. The van der Waals surface area contributed by atoms with Gasteiger partial charge in [0.05, 0.1) is 0 Å². The highest BCUT2D eigenvalue weighted by atomic mass is 32.1. The van der Waals surface area contributed by atoms with Crippen LogP contribution in [-0.4, -0.2) is 6.04 Å². The van der Waals surface area contributed by atoms with Gasteiger partial charge in [0, 0.05) is 17.0 Å². The van der Waals surface area contributed by atoms with E-state index in [-0.39, 0.29) is 0 Å². The third-order valence-electron chi connectivity index (χ3n) is 4.24. The molecule has 2 rings (SSSR count). The quantitative estimate of drug-likeness (QED) is 0.726. The Kier molecular flexibility index (Phi) is 5.71. The van der Waals surface area contributed by atoms with Crippen molar-refractivity contribution >= 4 is 11.3 Å². The second-order valence-electron chi connectivity index (χ2n) is 5.76. The molecule has 3 unspecified atom stereocenters. The molecule has 1 nitrogen and oxygen atoms in total. The van der Waals surface area contributed by atoms with Crippen LogP contribution in [-0.2, 0) is 0 Å². The van der Waals surface area contributed by atoms with Crippen molar-refractivity contribution in [3.05, 3.63) is 22.4 Å². The lowest BCUT2D eigenvalue weighted by Crippen LogP contribution is -2.30. The van der Waals surface area contributed by atoms with E-state index in [1.165, 1.54) is 49.8 Å². The Morgan fingerprint density at radius 2 is 2.22 bits per heavy atom. The molecule has 18 heavy (non-hydrogen) atoms. The van der Waals surface area contributed by atoms with Gasteiger partial charge < -0.3 is 5.32 Å². The van der Waals surface area contributed by atoms with E-state index in [4.69, 9.17) is 0 Å². The van der Waals surface area contributed by atoms with Crippen LogP contribution in [0.5, 0.6) is 0 Å². The van der Waals surface area contributed by atoms with Gasteiger partial charge >= 0.3 is 0 Å². The van der Waals surface area contributed by atoms with Crippen molar-refractivity contribution in [3.8, 4) is 0 Å². The zero-order valence-corrected chi connectivity index (χ0v) is 12.6. The molecular formula is C16H27NS. The van der Waals surface area contributed by atoms with Gasteiger partial charge in [0.1, 0.15) is 0 Å². The maximum Gasteiger partial charge on any atom is 0.0388 e. The van der Waals surface area contributed by atoms with E-state index in [2.05, 4.69) is 36.7 Å². The lowest BCUT2D eigenvalue weighted by Gasteiger charge is -2.21. The Morgan fingerprint density at radius 3 is 2.94 bits per heavy atom. The van der Waals surface area contributed by atoms with Gasteiger partial charge in [-0.15, -0.1) is 11.3 Å². The molecule has 1 N–H and O–H groups in total. The molecule has 1 aromatic rings. The average Bonchev–Trinajstić information content (AvgIpc) is 2.81. The van der Waals surface area contributed by atoms with Crippen LogP contribution in [0.25, 0.3) is 0 Å². The molecule has 0 amide bonds. The minimum atomic E-state index is 0.526. The molecule has 1 saturated carbocycles. The smallest absolute Gasteiger partial charge is 0.0388 e. The predicted octanol–water partition coefficient (Wildman–Crippen LogP) is 5.15. The lowest BCUT2D eigenvalue weighted by molar-refractivity contribution is 0.394. The zero-order valence-electron chi connectivity index (χ0n) is 11.8. The van der Waals surface area contributed by atoms with E-state index in [1.54, 1.807) is 0 Å². The van der Waals surface area contributed by atoms with Crippen LogP contribution in [0.15, 0.2) is 17.5 Å². The van der Waals surface area contributed by atoms with Crippen LogP contribution in [0.4, 0.5) is 0 Å². The Labute approximate surface area is 116 Å². The van der Waals surface area contributed by atoms with Crippen LogP contribution in [0.3, 0.4) is 0 Å². The number of rotatable bonds is 5. The fourth-order valence-electron chi connectivity index (χ4n) is 3.22. The molecule has 0 aliphatic heterocycles. The van der Waals surface area contributed by atoms with Crippen LogP contribution in [0.1, 0.15) is 69.7 Å². The van der Waals surface area contributed by atoms with Crippen molar-refractivity contribution in [2.75, 3.05) is 0 Å². The summed E-state index contributed by atoms with van der Waals surface area (Å²) >= 11 is 1.87. The molecule has 1 fully saturated rings. The first-order valence-electron chi connectivity index (χ1n) is 7.59. The molecular weight excluding hydrogens is 238 g/mol. The van der Waals surface area contributed by atoms with Crippen molar-refractivity contribution in [1.29, 1.82) is 0 Å². The lowest BCUT2D eigenvalue weighted by atomic mass is 9.95. The summed E-state index contributed by atoms with van der Waals surface area (Å²) in [5, 5.41) is 6.01. The number of nitrogens with one attached hydrogen (secondary N) is 1. The van der Waals surface area contributed by atoms with Gasteiger partial charge in [-0.3, -0.25) is 0 Å². The normalized spacial score (nSPS) is 26.8. The summed E-state index contributed by atoms with van der Waals surface area (Å²) in [5.74, 6) is 0.999. The SMILES string of the molecule is CCCC1CCCC(NC(C)c2cccs2)CC1. The fourth-order valence-corrected chi connectivity index (χ4v) is 3.96. The van der Waals surface area contributed by atoms with Crippen molar-refractivity contribution < 1.29 is 0 Å². The molecule has 0 bridgehead atoms. The third-order valence-corrected chi connectivity index (χ3v) is 5.30. The summed E-state index contributed by atoms with van der Waals surface area (Å²) in [7, 11) is 0. The molecule has 0 spiro atoms. The number of hydrogen-bond donors (Lipinski definition) is 1. The van der Waals surface area contributed by atoms with Gasteiger partial charge in [-0.2, -0.15) is 0 Å². The second kappa shape index (κ2) is 7.30. The molecule has 1 aliphatic carbocycles. The number of hydrogen-bond acceptors (Lipinski definition) is 2. The molecule has 1 aromatic heterocycles. The van der Waals surface area contributed by atoms with Crippen LogP contribution in [0.2, 0.25) is 0 Å². The van der Waals surface area contributed by atoms with Crippen molar-refractivity contribution in [2.45, 2.75) is 70.9 Å². The van der Waals surface area contributed by atoms with Gasteiger partial charge in [0.15, 0.2) is 0 Å². The average molecular weight is 265 g/mol. The van der Waals surface area contributed by atoms with E-state index in [9.17, 15) is 0 Å². The topological polar surface area (TPSA) is 12.0 Å². The third kappa shape index (κ3) is 4.10. The molecule has 0 aromatic carbocycles.